The van der Waals surface area contributed by atoms with Gasteiger partial charge in [0.2, 0.25) is 0 Å². The molecule has 0 amide bonds. The summed E-state index contributed by atoms with van der Waals surface area (Å²) in [6.45, 7) is 4.71. The van der Waals surface area contributed by atoms with Gasteiger partial charge in [-0.1, -0.05) is 18.2 Å². The molecule has 0 aliphatic carbocycles. The molecule has 0 radical (unpaired) electrons. The molecule has 1 aliphatic rings. The molecule has 4 rings (SSSR count). The van der Waals surface area contributed by atoms with E-state index < -0.39 is 0 Å². The molecule has 7 heteroatoms. The van der Waals surface area contributed by atoms with Crippen molar-refractivity contribution in [2.75, 3.05) is 19.7 Å². The quantitative estimate of drug-likeness (QED) is 0.621. The molecule has 1 N–H and O–H groups in total. The highest BCUT2D eigenvalue weighted by Gasteiger charge is 2.23. The number of imidazole rings is 1. The first-order valence-corrected chi connectivity index (χ1v) is 9.62. The van der Waals surface area contributed by atoms with Crippen molar-refractivity contribution in [2.24, 2.45) is 0 Å². The smallest absolute Gasteiger partial charge is 0.137 e. The minimum Gasteiger partial charge on any atom is -0.493 e. The van der Waals surface area contributed by atoms with E-state index in [1.807, 2.05) is 24.8 Å². The lowest BCUT2D eigenvalue weighted by Gasteiger charge is -2.31. The maximum absolute atomic E-state index is 6.07. The molecule has 1 aromatic carbocycles. The zero-order valence-corrected chi connectivity index (χ0v) is 15.5. The monoisotopic (exact) mass is 366 g/mol. The van der Waals surface area contributed by atoms with Crippen molar-refractivity contribution in [3.63, 3.8) is 0 Å². The number of aryl methyl sites for hydroxylation is 1. The predicted molar refractivity (Wildman–Crippen MR) is 102 cm³/mol. The minimum absolute atomic E-state index is 0.499. The van der Waals surface area contributed by atoms with Gasteiger partial charge in [-0.3, -0.25) is 10.00 Å². The first-order valence-electron chi connectivity index (χ1n) is 9.62. The number of para-hydroxylation sites is 1. The van der Waals surface area contributed by atoms with Gasteiger partial charge >= 0.3 is 0 Å². The van der Waals surface area contributed by atoms with Crippen LogP contribution in [0.3, 0.4) is 0 Å². The Morgan fingerprint density at radius 2 is 2.07 bits per heavy atom. The van der Waals surface area contributed by atoms with Crippen LogP contribution in [0.2, 0.25) is 0 Å². The van der Waals surface area contributed by atoms with Crippen LogP contribution in [0.5, 0.6) is 5.75 Å². The summed E-state index contributed by atoms with van der Waals surface area (Å²) in [5.41, 5.74) is 1.26. The number of nitrogens with zero attached hydrogens (tertiary/aromatic N) is 5. The van der Waals surface area contributed by atoms with Crippen LogP contribution in [0.15, 0.2) is 49.3 Å². The molecule has 7 nitrogen and oxygen atoms in total. The molecule has 0 saturated carbocycles. The van der Waals surface area contributed by atoms with Crippen molar-refractivity contribution in [2.45, 2.75) is 38.3 Å². The molecule has 0 atom stereocenters. The average Bonchev–Trinajstić information content (AvgIpc) is 3.41. The highest BCUT2D eigenvalue weighted by Crippen LogP contribution is 2.27. The van der Waals surface area contributed by atoms with Gasteiger partial charge in [0.15, 0.2) is 0 Å². The number of aromatic nitrogens is 5. The molecule has 1 fully saturated rings. The average molecular weight is 366 g/mol. The summed E-state index contributed by atoms with van der Waals surface area (Å²) in [5, 5.41) is 6.99. The number of benzene rings is 1. The minimum atomic E-state index is 0.499. The Morgan fingerprint density at radius 3 is 2.85 bits per heavy atom. The fourth-order valence-corrected chi connectivity index (χ4v) is 3.64. The second-order valence-electron chi connectivity index (χ2n) is 7.03. The first-order chi connectivity index (χ1) is 13.4. The third-order valence-electron chi connectivity index (χ3n) is 5.15. The number of rotatable bonds is 8. The van der Waals surface area contributed by atoms with E-state index in [4.69, 9.17) is 4.74 Å². The topological polar surface area (TPSA) is 71.9 Å². The summed E-state index contributed by atoms with van der Waals surface area (Å²) in [6, 6.07) is 8.39. The third-order valence-corrected chi connectivity index (χ3v) is 5.15. The van der Waals surface area contributed by atoms with Gasteiger partial charge in [-0.2, -0.15) is 5.10 Å². The van der Waals surface area contributed by atoms with E-state index in [9.17, 15) is 0 Å². The van der Waals surface area contributed by atoms with Gasteiger partial charge in [0.05, 0.1) is 12.9 Å². The first kappa shape index (κ1) is 17.7. The molecule has 2 aromatic heterocycles. The highest BCUT2D eigenvalue weighted by atomic mass is 16.5. The lowest BCUT2D eigenvalue weighted by atomic mass is 9.96. The Kier molecular flexibility index (Phi) is 5.79. The summed E-state index contributed by atoms with van der Waals surface area (Å²) >= 11 is 0. The number of hydrogen-bond acceptors (Lipinski definition) is 5. The normalized spacial score (nSPS) is 15.9. The van der Waals surface area contributed by atoms with Gasteiger partial charge < -0.3 is 9.30 Å². The van der Waals surface area contributed by atoms with Crippen molar-refractivity contribution in [3.8, 4) is 5.75 Å². The summed E-state index contributed by atoms with van der Waals surface area (Å²) in [6.07, 6.45) is 10.4. The van der Waals surface area contributed by atoms with Gasteiger partial charge in [0.25, 0.3) is 0 Å². The van der Waals surface area contributed by atoms with Crippen molar-refractivity contribution >= 4 is 0 Å². The number of H-pyrrole nitrogens is 1. The van der Waals surface area contributed by atoms with Crippen LogP contribution in [0.4, 0.5) is 0 Å². The van der Waals surface area contributed by atoms with Crippen LogP contribution >= 0.6 is 0 Å². The van der Waals surface area contributed by atoms with Crippen LogP contribution < -0.4 is 4.74 Å². The molecule has 0 unspecified atom stereocenters. The largest absolute Gasteiger partial charge is 0.493 e. The molecule has 1 aliphatic heterocycles. The van der Waals surface area contributed by atoms with Crippen LogP contribution in [0.1, 0.15) is 36.6 Å². The zero-order chi connectivity index (χ0) is 18.3. The van der Waals surface area contributed by atoms with Crippen molar-refractivity contribution in [1.29, 1.82) is 0 Å². The molecule has 0 spiro atoms. The number of nitrogens with one attached hydrogen (secondary N) is 1. The molecule has 142 valence electrons. The Labute approximate surface area is 159 Å². The summed E-state index contributed by atoms with van der Waals surface area (Å²) < 4.78 is 8.15. The van der Waals surface area contributed by atoms with E-state index in [0.717, 1.165) is 57.0 Å². The van der Waals surface area contributed by atoms with Gasteiger partial charge in [0.1, 0.15) is 17.9 Å². The molecule has 0 bridgehead atoms. The Bertz CT molecular complexity index is 794. The van der Waals surface area contributed by atoms with Crippen molar-refractivity contribution < 1.29 is 4.74 Å². The number of likely N-dealkylation sites (tertiary alicyclic amines) is 1. The van der Waals surface area contributed by atoms with E-state index in [2.05, 4.69) is 47.8 Å². The Hall–Kier alpha value is -2.67. The van der Waals surface area contributed by atoms with E-state index in [0.29, 0.717) is 12.5 Å². The van der Waals surface area contributed by atoms with E-state index >= 15 is 0 Å². The second kappa shape index (κ2) is 8.81. The third kappa shape index (κ3) is 4.74. The molecular formula is C20H26N6O. The number of piperidine rings is 1. The van der Waals surface area contributed by atoms with Gasteiger partial charge in [-0.15, -0.1) is 0 Å². The number of hydrogen-bond donors (Lipinski definition) is 1. The molecule has 3 heterocycles. The summed E-state index contributed by atoms with van der Waals surface area (Å²) in [7, 11) is 0. The standard InChI is InChI=1S/C20H26N6O/c1-2-5-19(27-13-3-9-26-12-8-21-16-26)18(4-1)14-25-10-6-17(7-11-25)20-22-15-23-24-20/h1-2,4-5,8,12,15-17H,3,6-7,9-11,13-14H2,(H,22,23,24). The molecule has 1 saturated heterocycles. The van der Waals surface area contributed by atoms with Gasteiger partial charge in [-0.05, 0) is 38.4 Å². The van der Waals surface area contributed by atoms with Gasteiger partial charge in [-0.25, -0.2) is 9.97 Å². The van der Waals surface area contributed by atoms with Crippen molar-refractivity contribution in [3.05, 3.63) is 60.7 Å². The number of aromatic amines is 1. The zero-order valence-electron chi connectivity index (χ0n) is 15.5. The maximum atomic E-state index is 6.07. The highest BCUT2D eigenvalue weighted by molar-refractivity contribution is 5.33. The van der Waals surface area contributed by atoms with E-state index in [1.165, 1.54) is 5.56 Å². The number of ether oxygens (including phenoxy) is 1. The van der Waals surface area contributed by atoms with Crippen molar-refractivity contribution in [1.82, 2.24) is 29.6 Å². The van der Waals surface area contributed by atoms with E-state index in [1.54, 1.807) is 6.33 Å². The predicted octanol–water partition coefficient (Wildman–Crippen LogP) is 2.85. The van der Waals surface area contributed by atoms with Crippen LogP contribution in [0, 0.1) is 0 Å². The molecule has 27 heavy (non-hydrogen) atoms. The van der Waals surface area contributed by atoms with E-state index in [-0.39, 0.29) is 0 Å². The maximum Gasteiger partial charge on any atom is 0.137 e. The molecule has 3 aromatic rings. The fraction of sp³-hybridized carbons (Fsp3) is 0.450. The summed E-state index contributed by atoms with van der Waals surface area (Å²) in [4.78, 5) is 10.9. The second-order valence-corrected chi connectivity index (χ2v) is 7.03. The van der Waals surface area contributed by atoms with Crippen LogP contribution in [0.25, 0.3) is 0 Å². The Balaban J connectivity index is 1.26. The SMILES string of the molecule is c1ccc(OCCCn2ccnc2)c(CN2CCC(c3ncn[nH]3)CC2)c1. The lowest BCUT2D eigenvalue weighted by molar-refractivity contribution is 0.198. The van der Waals surface area contributed by atoms with Gasteiger partial charge in [0, 0.05) is 37.0 Å². The fourth-order valence-electron chi connectivity index (χ4n) is 3.64. The van der Waals surface area contributed by atoms with Crippen LogP contribution in [-0.4, -0.2) is 49.3 Å². The van der Waals surface area contributed by atoms with Crippen LogP contribution in [-0.2, 0) is 13.1 Å². The Morgan fingerprint density at radius 1 is 1.19 bits per heavy atom. The lowest BCUT2D eigenvalue weighted by Crippen LogP contribution is -2.32. The summed E-state index contributed by atoms with van der Waals surface area (Å²) in [5.74, 6) is 2.52. The molecular weight excluding hydrogens is 340 g/mol.